The Kier molecular flexibility index (Phi) is 13.2. The summed E-state index contributed by atoms with van der Waals surface area (Å²) in [7, 11) is -0.200. The van der Waals surface area contributed by atoms with E-state index in [-0.39, 0.29) is 48.1 Å². The topological polar surface area (TPSA) is 155 Å². The molecule has 9 heterocycles. The number of methoxy groups -OCH3 is 2. The minimum absolute atomic E-state index is 0.0184. The van der Waals surface area contributed by atoms with Crippen LogP contribution in [0, 0.1) is 23.7 Å². The third-order valence-electron chi connectivity index (χ3n) is 15.9. The Hall–Kier alpha value is -6.42. The van der Waals surface area contributed by atoms with Crippen molar-refractivity contribution in [3.8, 4) is 23.3 Å². The molecular formula is C56H60N6O8S. The minimum Gasteiger partial charge on any atom is -0.497 e. The molecule has 0 amide bonds. The average molecular weight is 977 g/mol. The van der Waals surface area contributed by atoms with Crippen molar-refractivity contribution < 1.29 is 36.9 Å². The number of pyridine rings is 2. The molecule has 0 spiro atoms. The Morgan fingerprint density at radius 3 is 1.68 bits per heavy atom. The Morgan fingerprint density at radius 1 is 0.662 bits per heavy atom. The molecule has 6 saturated heterocycles. The van der Waals surface area contributed by atoms with Gasteiger partial charge >= 0.3 is 5.97 Å². The molecule has 6 aliphatic heterocycles. The maximum absolute atomic E-state index is 13.6. The highest BCUT2D eigenvalue weighted by atomic mass is 32.2. The molecule has 4 bridgehead atoms. The molecule has 0 aliphatic carbocycles. The van der Waals surface area contributed by atoms with E-state index in [1.54, 1.807) is 38.5 Å². The summed E-state index contributed by atoms with van der Waals surface area (Å²) in [6.45, 7) is 5.55. The lowest BCUT2D eigenvalue weighted by Crippen LogP contribution is -2.57. The predicted molar refractivity (Wildman–Crippen MR) is 272 cm³/mol. The largest absolute Gasteiger partial charge is 0.497 e. The predicted octanol–water partition coefficient (Wildman–Crippen LogP) is 9.09. The van der Waals surface area contributed by atoms with E-state index >= 15 is 0 Å². The zero-order valence-corrected chi connectivity index (χ0v) is 41.2. The van der Waals surface area contributed by atoms with Crippen LogP contribution in [-0.2, 0) is 14.6 Å². The van der Waals surface area contributed by atoms with Gasteiger partial charge in [-0.25, -0.2) is 13.2 Å². The number of sulfone groups is 1. The van der Waals surface area contributed by atoms with Gasteiger partial charge in [-0.1, -0.05) is 43.7 Å². The molecule has 6 aliphatic rings. The van der Waals surface area contributed by atoms with E-state index < -0.39 is 21.9 Å². The van der Waals surface area contributed by atoms with Gasteiger partial charge in [-0.2, -0.15) is 0 Å². The standard InChI is InChI=1S/C56H60N6O8S/c1-4-35-32-61-24-20-37(35)28-50(61)52(42-18-22-57-48-16-14-40(66-2)30-46(42)48)69-54-44-12-8-9-13-45(44)55(60-59-54)70-53(43-19-23-58-49-17-15-41(67-3)31-47(43)49)51-29-38-21-25-62(51)33-39(38)34-71(64,65)27-26-68-56(63)36-10-6-5-7-11-36/h5-19,22-23,30-31,35,37-39,50-53H,4,20-21,24-29,32-34H2,1-3H3/t35-,37-,38-,39+,50+,51+,52-,53-/m0/s1. The lowest BCUT2D eigenvalue weighted by atomic mass is 9.72. The van der Waals surface area contributed by atoms with Crippen LogP contribution in [0.5, 0.6) is 23.3 Å². The summed E-state index contributed by atoms with van der Waals surface area (Å²) < 4.78 is 58.7. The second-order valence-corrected chi connectivity index (χ2v) is 22.0. The first-order valence-corrected chi connectivity index (χ1v) is 26.8. The van der Waals surface area contributed by atoms with E-state index in [4.69, 9.17) is 43.8 Å². The molecule has 71 heavy (non-hydrogen) atoms. The molecule has 4 aromatic carbocycles. The van der Waals surface area contributed by atoms with E-state index in [1.165, 1.54) is 6.42 Å². The number of rotatable bonds is 17. The molecule has 13 rings (SSSR count). The quantitative estimate of drug-likeness (QED) is 0.0797. The highest BCUT2D eigenvalue weighted by molar-refractivity contribution is 7.91. The van der Waals surface area contributed by atoms with Crippen LogP contribution < -0.4 is 18.9 Å². The SMILES string of the molecule is CC[C@H]1CN2CC[C@H]1C[C@@H]2[C@@H](Oc1nnc(O[C@@H](c2ccnc3ccc(OC)cc23)[C@H]2C[C@@H]3CCN2C[C@@H]3CS(=O)(=O)CCOC(=O)c2ccccc2)c2ccccc12)c1ccnc2ccc(OC)cc12. The molecule has 2 unspecified atom stereocenters. The summed E-state index contributed by atoms with van der Waals surface area (Å²) in [5.41, 5.74) is 4.02. The van der Waals surface area contributed by atoms with Crippen molar-refractivity contribution in [2.75, 3.05) is 58.5 Å². The third kappa shape index (κ3) is 9.47. The molecule has 3 aromatic heterocycles. The zero-order chi connectivity index (χ0) is 48.6. The number of hydrogen-bond acceptors (Lipinski definition) is 14. The van der Waals surface area contributed by atoms with Crippen LogP contribution in [0.2, 0.25) is 0 Å². The van der Waals surface area contributed by atoms with E-state index in [2.05, 4.69) is 28.9 Å². The summed E-state index contributed by atoms with van der Waals surface area (Å²) >= 11 is 0. The minimum atomic E-state index is -3.54. The summed E-state index contributed by atoms with van der Waals surface area (Å²) in [4.78, 5) is 27.0. The maximum Gasteiger partial charge on any atom is 0.338 e. The van der Waals surface area contributed by atoms with Crippen molar-refractivity contribution in [3.05, 3.63) is 132 Å². The smallest absolute Gasteiger partial charge is 0.338 e. The van der Waals surface area contributed by atoms with Crippen LogP contribution in [0.1, 0.15) is 72.7 Å². The number of nitrogens with zero attached hydrogens (tertiary/aromatic N) is 6. The van der Waals surface area contributed by atoms with Gasteiger partial charge in [0.05, 0.1) is 65.2 Å². The van der Waals surface area contributed by atoms with Gasteiger partial charge in [-0.05, 0) is 135 Å². The Morgan fingerprint density at radius 2 is 1.18 bits per heavy atom. The van der Waals surface area contributed by atoms with Crippen LogP contribution >= 0.6 is 0 Å². The first kappa shape index (κ1) is 46.9. The summed E-state index contributed by atoms with van der Waals surface area (Å²) in [6.07, 6.45) is 7.70. The van der Waals surface area contributed by atoms with Gasteiger partial charge in [0.2, 0.25) is 11.8 Å². The van der Waals surface area contributed by atoms with Crippen molar-refractivity contribution in [2.45, 2.75) is 63.3 Å². The Balaban J connectivity index is 0.913. The first-order valence-electron chi connectivity index (χ1n) is 25.0. The van der Waals surface area contributed by atoms with Crippen LogP contribution in [0.4, 0.5) is 0 Å². The van der Waals surface area contributed by atoms with Gasteiger partial charge in [-0.15, -0.1) is 10.2 Å². The molecule has 10 atom stereocenters. The normalized spacial score (nSPS) is 24.7. The number of carbonyl (C=O) groups excluding carboxylic acids is 1. The second-order valence-electron chi connectivity index (χ2n) is 19.7. The fourth-order valence-corrected chi connectivity index (χ4v) is 13.7. The van der Waals surface area contributed by atoms with Gasteiger partial charge in [0.15, 0.2) is 9.84 Å². The van der Waals surface area contributed by atoms with E-state index in [1.807, 2.05) is 79.1 Å². The monoisotopic (exact) mass is 976 g/mol. The zero-order valence-electron chi connectivity index (χ0n) is 40.4. The molecular weight excluding hydrogens is 917 g/mol. The Labute approximate surface area is 414 Å². The van der Waals surface area contributed by atoms with Crippen LogP contribution in [-0.4, -0.2) is 115 Å². The lowest BCUT2D eigenvalue weighted by Gasteiger charge is -2.52. The number of benzene rings is 4. The Bertz CT molecular complexity index is 3180. The highest BCUT2D eigenvalue weighted by Crippen LogP contribution is 2.47. The summed E-state index contributed by atoms with van der Waals surface area (Å²) in [6, 6.07) is 32.6. The molecule has 0 N–H and O–H groups in total. The highest BCUT2D eigenvalue weighted by Gasteiger charge is 2.47. The van der Waals surface area contributed by atoms with Gasteiger partial charge in [0, 0.05) is 47.4 Å². The molecule has 7 aromatic rings. The molecule has 15 heteroatoms. The number of esters is 1. The molecule has 0 radical (unpaired) electrons. The summed E-state index contributed by atoms with van der Waals surface area (Å²) in [5, 5.41) is 13.2. The second kappa shape index (κ2) is 20.0. The fourth-order valence-electron chi connectivity index (χ4n) is 12.2. The average Bonchev–Trinajstić information content (AvgIpc) is 3.41. The van der Waals surface area contributed by atoms with Gasteiger partial charge in [-0.3, -0.25) is 19.8 Å². The molecule has 6 fully saturated rings. The number of hydrogen-bond donors (Lipinski definition) is 0. The fraction of sp³-hybridized carbons (Fsp3) is 0.411. The van der Waals surface area contributed by atoms with Crippen molar-refractivity contribution in [3.63, 3.8) is 0 Å². The van der Waals surface area contributed by atoms with E-state index in [9.17, 15) is 13.2 Å². The van der Waals surface area contributed by atoms with Gasteiger partial charge in [0.25, 0.3) is 0 Å². The number of carbonyl (C=O) groups is 1. The van der Waals surface area contributed by atoms with E-state index in [0.717, 1.165) is 88.4 Å². The van der Waals surface area contributed by atoms with Crippen LogP contribution in [0.25, 0.3) is 32.6 Å². The van der Waals surface area contributed by atoms with Crippen molar-refractivity contribution >= 4 is 48.4 Å². The third-order valence-corrected chi connectivity index (χ3v) is 17.6. The van der Waals surface area contributed by atoms with E-state index in [0.29, 0.717) is 47.9 Å². The first-order chi connectivity index (χ1) is 34.7. The van der Waals surface area contributed by atoms with Crippen LogP contribution in [0.3, 0.4) is 0 Å². The molecule has 0 saturated carbocycles. The summed E-state index contributed by atoms with van der Waals surface area (Å²) in [5.74, 6) is 2.83. The van der Waals surface area contributed by atoms with Crippen LogP contribution in [0.15, 0.2) is 116 Å². The number of fused-ring (bicyclic) bond motifs is 9. The van der Waals surface area contributed by atoms with Crippen molar-refractivity contribution in [1.29, 1.82) is 0 Å². The lowest BCUT2D eigenvalue weighted by molar-refractivity contribution is -0.0494. The van der Waals surface area contributed by atoms with Crippen molar-refractivity contribution in [2.24, 2.45) is 23.7 Å². The number of piperidine rings is 6. The molecule has 368 valence electrons. The molecule has 14 nitrogen and oxygen atoms in total. The van der Waals surface area contributed by atoms with Gasteiger partial charge < -0.3 is 23.7 Å². The number of aromatic nitrogens is 4. The van der Waals surface area contributed by atoms with Crippen molar-refractivity contribution in [1.82, 2.24) is 30.0 Å². The number of ether oxygens (including phenoxy) is 5. The van der Waals surface area contributed by atoms with Gasteiger partial charge in [0.1, 0.15) is 30.3 Å². The maximum atomic E-state index is 13.6.